The molecule has 164 valence electrons. The maximum absolute atomic E-state index is 5.95. The average molecular weight is 440 g/mol. The van der Waals surface area contributed by atoms with Crippen molar-refractivity contribution >= 4 is 27.2 Å². The van der Waals surface area contributed by atoms with E-state index in [0.717, 1.165) is 85.6 Å². The van der Waals surface area contributed by atoms with Gasteiger partial charge in [-0.05, 0) is 50.6 Å². The second-order valence-corrected chi connectivity index (χ2v) is 9.28. The van der Waals surface area contributed by atoms with Crippen LogP contribution < -0.4 is 19.1 Å². The van der Waals surface area contributed by atoms with Crippen molar-refractivity contribution in [1.82, 2.24) is 9.88 Å². The van der Waals surface area contributed by atoms with E-state index in [4.69, 9.17) is 14.2 Å². The quantitative estimate of drug-likeness (QED) is 0.510. The molecule has 2 aromatic carbocycles. The third-order valence-corrected chi connectivity index (χ3v) is 6.81. The smallest absolute Gasteiger partial charge is 0.184 e. The van der Waals surface area contributed by atoms with Gasteiger partial charge >= 0.3 is 0 Å². The Morgan fingerprint density at radius 1 is 1.03 bits per heavy atom. The summed E-state index contributed by atoms with van der Waals surface area (Å²) in [6.07, 6.45) is 2.21. The molecule has 0 aliphatic carbocycles. The van der Waals surface area contributed by atoms with Crippen molar-refractivity contribution in [3.8, 4) is 17.2 Å². The Morgan fingerprint density at radius 3 is 2.81 bits per heavy atom. The average Bonchev–Trinajstić information content (AvgIpc) is 3.18. The number of unbranched alkanes of at least 4 members (excludes halogenated alkanes) is 1. The Hall–Kier alpha value is -2.51. The molecule has 5 rings (SSSR count). The molecule has 1 aromatic heterocycles. The van der Waals surface area contributed by atoms with E-state index >= 15 is 0 Å². The van der Waals surface area contributed by atoms with Crippen LogP contribution in [-0.2, 0) is 0 Å². The standard InChI is InChI=1S/C24H29N3O3S/c1-18-25-20-17-19(7-8-23(20)31-18)28-14-3-2-9-26-10-12-27(13-11-26)21-5-4-6-22-24(21)30-16-15-29-22/h4-8,17H,2-3,9-16H2,1H3. The number of fused-ring (bicyclic) bond motifs is 2. The molecule has 0 N–H and O–H groups in total. The van der Waals surface area contributed by atoms with Crippen LogP contribution in [0.5, 0.6) is 17.2 Å². The molecule has 0 unspecified atom stereocenters. The summed E-state index contributed by atoms with van der Waals surface area (Å²) in [5, 5.41) is 1.10. The first kappa shape index (κ1) is 20.4. The fourth-order valence-corrected chi connectivity index (χ4v) is 5.07. The lowest BCUT2D eigenvalue weighted by atomic mass is 10.2. The molecule has 0 radical (unpaired) electrons. The molecule has 2 aliphatic heterocycles. The van der Waals surface area contributed by atoms with Gasteiger partial charge in [0.05, 0.1) is 27.5 Å². The van der Waals surface area contributed by atoms with Crippen LogP contribution in [0.25, 0.3) is 10.2 Å². The number of para-hydroxylation sites is 1. The summed E-state index contributed by atoms with van der Waals surface area (Å²) in [7, 11) is 0. The van der Waals surface area contributed by atoms with Gasteiger partial charge in [0.25, 0.3) is 0 Å². The molecule has 0 amide bonds. The molecule has 0 saturated carbocycles. The molecule has 0 spiro atoms. The van der Waals surface area contributed by atoms with Crippen LogP contribution >= 0.6 is 11.3 Å². The topological polar surface area (TPSA) is 47.1 Å². The Labute approximate surface area is 187 Å². The van der Waals surface area contributed by atoms with Crippen molar-refractivity contribution in [3.63, 3.8) is 0 Å². The third kappa shape index (κ3) is 4.72. The van der Waals surface area contributed by atoms with E-state index in [2.05, 4.69) is 45.1 Å². The van der Waals surface area contributed by atoms with E-state index in [1.54, 1.807) is 11.3 Å². The Morgan fingerprint density at radius 2 is 1.90 bits per heavy atom. The summed E-state index contributed by atoms with van der Waals surface area (Å²) in [5.74, 6) is 2.70. The number of aromatic nitrogens is 1. The van der Waals surface area contributed by atoms with Crippen LogP contribution in [0.1, 0.15) is 17.8 Å². The Bertz CT molecular complexity index is 1030. The van der Waals surface area contributed by atoms with Gasteiger partial charge < -0.3 is 19.1 Å². The lowest BCUT2D eigenvalue weighted by molar-refractivity contribution is 0.171. The van der Waals surface area contributed by atoms with Crippen LogP contribution in [-0.4, -0.2) is 62.4 Å². The zero-order chi connectivity index (χ0) is 21.0. The number of ether oxygens (including phenoxy) is 3. The van der Waals surface area contributed by atoms with Gasteiger partial charge in [0.15, 0.2) is 11.5 Å². The van der Waals surface area contributed by atoms with Crippen LogP contribution in [0.4, 0.5) is 5.69 Å². The highest BCUT2D eigenvalue weighted by atomic mass is 32.1. The van der Waals surface area contributed by atoms with E-state index in [9.17, 15) is 0 Å². The van der Waals surface area contributed by atoms with Crippen molar-refractivity contribution in [2.24, 2.45) is 0 Å². The lowest BCUT2D eigenvalue weighted by Gasteiger charge is -2.37. The van der Waals surface area contributed by atoms with Gasteiger partial charge in [0.1, 0.15) is 19.0 Å². The van der Waals surface area contributed by atoms with Gasteiger partial charge in [-0.25, -0.2) is 4.98 Å². The second kappa shape index (κ2) is 9.32. The number of hydrogen-bond donors (Lipinski definition) is 0. The molecule has 1 saturated heterocycles. The van der Waals surface area contributed by atoms with Gasteiger partial charge in [-0.3, -0.25) is 4.90 Å². The monoisotopic (exact) mass is 439 g/mol. The number of aryl methyl sites for hydroxylation is 1. The van der Waals surface area contributed by atoms with Crippen molar-refractivity contribution in [2.45, 2.75) is 19.8 Å². The fraction of sp³-hybridized carbons (Fsp3) is 0.458. The van der Waals surface area contributed by atoms with E-state index in [-0.39, 0.29) is 0 Å². The van der Waals surface area contributed by atoms with Gasteiger partial charge in [0, 0.05) is 32.2 Å². The maximum Gasteiger partial charge on any atom is 0.184 e. The highest BCUT2D eigenvalue weighted by Gasteiger charge is 2.23. The van der Waals surface area contributed by atoms with Crippen molar-refractivity contribution in [2.75, 3.05) is 57.4 Å². The van der Waals surface area contributed by atoms with Gasteiger partial charge in [-0.1, -0.05) is 6.07 Å². The number of nitrogens with zero attached hydrogens (tertiary/aromatic N) is 3. The molecule has 1 fully saturated rings. The Kier molecular flexibility index (Phi) is 6.13. The van der Waals surface area contributed by atoms with Gasteiger partial charge in [-0.15, -0.1) is 11.3 Å². The molecule has 6 nitrogen and oxygen atoms in total. The zero-order valence-corrected chi connectivity index (χ0v) is 18.8. The molecule has 3 aromatic rings. The van der Waals surface area contributed by atoms with E-state index in [0.29, 0.717) is 13.2 Å². The molecule has 2 aliphatic rings. The summed E-state index contributed by atoms with van der Waals surface area (Å²) >= 11 is 1.73. The first-order valence-corrected chi connectivity index (χ1v) is 11.9. The number of piperazine rings is 1. The normalized spacial score (nSPS) is 16.6. The molecular formula is C24H29N3O3S. The predicted molar refractivity (Wildman–Crippen MR) is 125 cm³/mol. The predicted octanol–water partition coefficient (Wildman–Crippen LogP) is 4.36. The minimum Gasteiger partial charge on any atom is -0.494 e. The molecular weight excluding hydrogens is 410 g/mol. The van der Waals surface area contributed by atoms with Crippen molar-refractivity contribution < 1.29 is 14.2 Å². The van der Waals surface area contributed by atoms with Crippen LogP contribution in [0.15, 0.2) is 36.4 Å². The largest absolute Gasteiger partial charge is 0.494 e. The number of benzene rings is 2. The molecule has 31 heavy (non-hydrogen) atoms. The minimum atomic E-state index is 0.628. The summed E-state index contributed by atoms with van der Waals surface area (Å²) in [4.78, 5) is 9.51. The highest BCUT2D eigenvalue weighted by molar-refractivity contribution is 7.18. The number of anilines is 1. The van der Waals surface area contributed by atoms with Crippen LogP contribution in [0.3, 0.4) is 0 Å². The molecule has 0 bridgehead atoms. The zero-order valence-electron chi connectivity index (χ0n) is 18.0. The lowest BCUT2D eigenvalue weighted by Crippen LogP contribution is -2.46. The number of hydrogen-bond acceptors (Lipinski definition) is 7. The number of thiazole rings is 1. The second-order valence-electron chi connectivity index (χ2n) is 8.05. The highest BCUT2D eigenvalue weighted by Crippen LogP contribution is 2.39. The molecule has 3 heterocycles. The van der Waals surface area contributed by atoms with Crippen LogP contribution in [0, 0.1) is 6.92 Å². The number of rotatable bonds is 7. The van der Waals surface area contributed by atoms with E-state index in [1.807, 2.05) is 13.0 Å². The van der Waals surface area contributed by atoms with E-state index in [1.165, 1.54) is 4.70 Å². The van der Waals surface area contributed by atoms with E-state index < -0.39 is 0 Å². The summed E-state index contributed by atoms with van der Waals surface area (Å²) in [5.41, 5.74) is 2.20. The maximum atomic E-state index is 5.95. The summed E-state index contributed by atoms with van der Waals surface area (Å²) in [6, 6.07) is 12.4. The van der Waals surface area contributed by atoms with Gasteiger partial charge in [-0.2, -0.15) is 0 Å². The first-order valence-electron chi connectivity index (χ1n) is 11.1. The molecule has 7 heteroatoms. The molecule has 0 atom stereocenters. The Balaban J connectivity index is 1.04. The van der Waals surface area contributed by atoms with Crippen LogP contribution in [0.2, 0.25) is 0 Å². The summed E-state index contributed by atoms with van der Waals surface area (Å²) in [6.45, 7) is 9.36. The van der Waals surface area contributed by atoms with Crippen molar-refractivity contribution in [1.29, 1.82) is 0 Å². The first-order chi connectivity index (χ1) is 15.3. The third-order valence-electron chi connectivity index (χ3n) is 5.86. The summed E-state index contributed by atoms with van der Waals surface area (Å²) < 4.78 is 18.8. The SMILES string of the molecule is Cc1nc2cc(OCCCCN3CCN(c4cccc5c4OCCO5)CC3)ccc2s1. The van der Waals surface area contributed by atoms with Crippen molar-refractivity contribution in [3.05, 3.63) is 41.4 Å². The fourth-order valence-electron chi connectivity index (χ4n) is 4.26. The minimum absolute atomic E-state index is 0.628. The van der Waals surface area contributed by atoms with Gasteiger partial charge in [0.2, 0.25) is 0 Å².